The summed E-state index contributed by atoms with van der Waals surface area (Å²) in [6.45, 7) is 4.88. The van der Waals surface area contributed by atoms with Gasteiger partial charge in [-0.25, -0.2) is 0 Å². The van der Waals surface area contributed by atoms with Crippen LogP contribution in [0.5, 0.6) is 0 Å². The van der Waals surface area contributed by atoms with Gasteiger partial charge < -0.3 is 4.18 Å². The minimum Gasteiger partial charge on any atom is -0.388 e. The van der Waals surface area contributed by atoms with Crippen LogP contribution in [0.15, 0.2) is 42.7 Å². The molecule has 1 aromatic carbocycles. The second-order valence-electron chi connectivity index (χ2n) is 2.97. The van der Waals surface area contributed by atoms with Gasteiger partial charge in [0.15, 0.2) is 0 Å². The number of hydrogen-bond donors (Lipinski definition) is 0. The Kier molecular flexibility index (Phi) is 3.30. The maximum absolute atomic E-state index is 11.3. The molecule has 0 radical (unpaired) electrons. The molecule has 1 rings (SSSR count). The Morgan fingerprint density at radius 3 is 2.43 bits per heavy atom. The Bertz CT molecular complexity index is 406. The summed E-state index contributed by atoms with van der Waals surface area (Å²) in [5.74, 6) is 0.0571. The van der Waals surface area contributed by atoms with Crippen LogP contribution in [0.1, 0.15) is 12.5 Å². The van der Waals surface area contributed by atoms with Crippen molar-refractivity contribution in [3.63, 3.8) is 0 Å². The highest BCUT2D eigenvalue weighted by molar-refractivity contribution is 7.86. The zero-order chi connectivity index (χ0) is 10.6. The molecule has 1 aromatic rings. The van der Waals surface area contributed by atoms with Crippen LogP contribution < -0.4 is 0 Å². The fourth-order valence-electron chi connectivity index (χ4n) is 1.02. The van der Waals surface area contributed by atoms with Crippen LogP contribution in [-0.2, 0) is 20.1 Å². The summed E-state index contributed by atoms with van der Waals surface area (Å²) in [6, 6.07) is 8.87. The van der Waals surface area contributed by atoms with E-state index in [0.29, 0.717) is 5.56 Å². The fourth-order valence-corrected chi connectivity index (χ4v) is 2.12. The molecule has 0 spiro atoms. The first kappa shape index (κ1) is 10.8. The molecule has 0 fully saturated rings. The van der Waals surface area contributed by atoms with Gasteiger partial charge in [-0.2, -0.15) is 8.42 Å². The standard InChI is InChI=1S/C10H12O3S/c1-9(2)13-14(11,12)8-10-6-4-3-5-7-10/h3-7H,1,8H2,2H3. The van der Waals surface area contributed by atoms with E-state index in [1.807, 2.05) is 6.07 Å². The molecule has 3 nitrogen and oxygen atoms in total. The molecule has 0 aromatic heterocycles. The topological polar surface area (TPSA) is 43.4 Å². The van der Waals surface area contributed by atoms with Crippen LogP contribution in [0.25, 0.3) is 0 Å². The molecule has 0 heterocycles. The number of hydrogen-bond acceptors (Lipinski definition) is 3. The lowest BCUT2D eigenvalue weighted by Crippen LogP contribution is -2.07. The van der Waals surface area contributed by atoms with Gasteiger partial charge in [0, 0.05) is 0 Å². The second kappa shape index (κ2) is 4.28. The highest BCUT2D eigenvalue weighted by Crippen LogP contribution is 2.09. The summed E-state index contributed by atoms with van der Waals surface area (Å²) in [5, 5.41) is 0. The van der Waals surface area contributed by atoms with Crippen molar-refractivity contribution in [3.8, 4) is 0 Å². The largest absolute Gasteiger partial charge is 0.388 e. The molecular weight excluding hydrogens is 200 g/mol. The molecule has 14 heavy (non-hydrogen) atoms. The summed E-state index contributed by atoms with van der Waals surface area (Å²) in [6.07, 6.45) is 0. The van der Waals surface area contributed by atoms with Crippen molar-refractivity contribution in [1.82, 2.24) is 0 Å². The smallest absolute Gasteiger partial charge is 0.313 e. The Labute approximate surface area is 84.1 Å². The molecule has 0 aliphatic rings. The molecule has 0 aliphatic carbocycles. The summed E-state index contributed by atoms with van der Waals surface area (Å²) < 4.78 is 27.3. The van der Waals surface area contributed by atoms with Crippen molar-refractivity contribution < 1.29 is 12.6 Å². The third-order valence-electron chi connectivity index (χ3n) is 1.46. The summed E-state index contributed by atoms with van der Waals surface area (Å²) >= 11 is 0. The molecule has 0 unspecified atom stereocenters. The van der Waals surface area contributed by atoms with Crippen molar-refractivity contribution in [2.24, 2.45) is 0 Å². The van der Waals surface area contributed by atoms with E-state index in [2.05, 4.69) is 10.8 Å². The van der Waals surface area contributed by atoms with E-state index in [4.69, 9.17) is 0 Å². The maximum atomic E-state index is 11.3. The predicted molar refractivity (Wildman–Crippen MR) is 55.0 cm³/mol. The summed E-state index contributed by atoms with van der Waals surface area (Å²) in [5.41, 5.74) is 0.703. The van der Waals surface area contributed by atoms with E-state index in [0.717, 1.165) is 0 Å². The Hall–Kier alpha value is -1.29. The minimum absolute atomic E-state index is 0.124. The number of allylic oxidation sites excluding steroid dienone is 1. The monoisotopic (exact) mass is 212 g/mol. The molecule has 0 bridgehead atoms. The SMILES string of the molecule is C=C(C)OS(=O)(=O)Cc1ccccc1. The van der Waals surface area contributed by atoms with Crippen molar-refractivity contribution in [2.45, 2.75) is 12.7 Å². The average molecular weight is 212 g/mol. The third kappa shape index (κ3) is 3.62. The molecule has 0 atom stereocenters. The van der Waals surface area contributed by atoms with Crippen LogP contribution >= 0.6 is 0 Å². The van der Waals surface area contributed by atoms with Gasteiger partial charge in [-0.1, -0.05) is 36.9 Å². The molecule has 0 amide bonds. The summed E-state index contributed by atoms with van der Waals surface area (Å²) in [4.78, 5) is 0. The van der Waals surface area contributed by atoms with Gasteiger partial charge in [0.05, 0.1) is 0 Å². The molecule has 0 N–H and O–H groups in total. The second-order valence-corrected chi connectivity index (χ2v) is 4.54. The van der Waals surface area contributed by atoms with E-state index in [-0.39, 0.29) is 11.5 Å². The normalized spacial score (nSPS) is 10.9. The first-order valence-corrected chi connectivity index (χ1v) is 5.69. The quantitative estimate of drug-likeness (QED) is 0.567. The van der Waals surface area contributed by atoms with Gasteiger partial charge in [-0.3, -0.25) is 0 Å². The highest BCUT2D eigenvalue weighted by atomic mass is 32.2. The van der Waals surface area contributed by atoms with Gasteiger partial charge in [0.2, 0.25) is 0 Å². The van der Waals surface area contributed by atoms with Crippen LogP contribution in [0.3, 0.4) is 0 Å². The van der Waals surface area contributed by atoms with Crippen LogP contribution in [0, 0.1) is 0 Å². The third-order valence-corrected chi connectivity index (χ3v) is 2.68. The molecule has 76 valence electrons. The van der Waals surface area contributed by atoms with Gasteiger partial charge >= 0.3 is 10.1 Å². The van der Waals surface area contributed by atoms with Crippen molar-refractivity contribution in [2.75, 3.05) is 0 Å². The van der Waals surface area contributed by atoms with Gasteiger partial charge in [-0.15, -0.1) is 0 Å². The van der Waals surface area contributed by atoms with Gasteiger partial charge in [0.25, 0.3) is 0 Å². The van der Waals surface area contributed by atoms with Crippen molar-refractivity contribution in [1.29, 1.82) is 0 Å². The van der Waals surface area contributed by atoms with Crippen LogP contribution in [0.2, 0.25) is 0 Å². The Morgan fingerprint density at radius 1 is 1.36 bits per heavy atom. The van der Waals surface area contributed by atoms with Crippen LogP contribution in [0.4, 0.5) is 0 Å². The molecule has 0 saturated heterocycles. The first-order chi connectivity index (χ1) is 6.49. The predicted octanol–water partition coefficient (Wildman–Crippen LogP) is 2.07. The van der Waals surface area contributed by atoms with E-state index >= 15 is 0 Å². The highest BCUT2D eigenvalue weighted by Gasteiger charge is 2.12. The number of benzene rings is 1. The first-order valence-electron chi connectivity index (χ1n) is 4.11. The molecule has 0 aliphatic heterocycles. The van der Waals surface area contributed by atoms with E-state index < -0.39 is 10.1 Å². The lowest BCUT2D eigenvalue weighted by atomic mass is 10.2. The lowest BCUT2D eigenvalue weighted by molar-refractivity contribution is 0.409. The van der Waals surface area contributed by atoms with E-state index in [1.165, 1.54) is 6.92 Å². The van der Waals surface area contributed by atoms with Gasteiger partial charge in [0.1, 0.15) is 11.5 Å². The summed E-state index contributed by atoms with van der Waals surface area (Å²) in [7, 11) is -3.53. The molecular formula is C10H12O3S. The van der Waals surface area contributed by atoms with Crippen LogP contribution in [-0.4, -0.2) is 8.42 Å². The minimum atomic E-state index is -3.53. The lowest BCUT2D eigenvalue weighted by Gasteiger charge is -2.05. The van der Waals surface area contributed by atoms with Crippen molar-refractivity contribution in [3.05, 3.63) is 48.2 Å². The zero-order valence-corrected chi connectivity index (χ0v) is 8.75. The molecule has 4 heteroatoms. The average Bonchev–Trinajstić information content (AvgIpc) is 2.02. The molecule has 0 saturated carbocycles. The van der Waals surface area contributed by atoms with Crippen molar-refractivity contribution >= 4 is 10.1 Å². The maximum Gasteiger partial charge on any atom is 0.313 e. The number of rotatable bonds is 4. The van der Waals surface area contributed by atoms with E-state index in [9.17, 15) is 8.42 Å². The Morgan fingerprint density at radius 2 is 1.93 bits per heavy atom. The Balaban J connectivity index is 2.74. The zero-order valence-electron chi connectivity index (χ0n) is 7.93. The fraction of sp³-hybridized carbons (Fsp3) is 0.200. The van der Waals surface area contributed by atoms with E-state index in [1.54, 1.807) is 24.3 Å². The van der Waals surface area contributed by atoms with Gasteiger partial charge in [-0.05, 0) is 12.5 Å².